The zero-order chi connectivity index (χ0) is 14.8. The van der Waals surface area contributed by atoms with E-state index >= 15 is 0 Å². The van der Waals surface area contributed by atoms with E-state index in [4.69, 9.17) is 4.74 Å². The van der Waals surface area contributed by atoms with Gasteiger partial charge in [-0.05, 0) is 0 Å². The summed E-state index contributed by atoms with van der Waals surface area (Å²) in [7, 11) is 3.70. The molecule has 1 saturated heterocycles. The van der Waals surface area contributed by atoms with Crippen LogP contribution in [0.15, 0.2) is 6.20 Å². The quantitative estimate of drug-likeness (QED) is 0.792. The van der Waals surface area contributed by atoms with Crippen LogP contribution in [0.5, 0.6) is 0 Å². The predicted octanol–water partition coefficient (Wildman–Crippen LogP) is -0.402. The van der Waals surface area contributed by atoms with Crippen LogP contribution in [-0.2, 0) is 18.3 Å². The van der Waals surface area contributed by atoms with E-state index in [9.17, 15) is 5.11 Å². The maximum absolute atomic E-state index is 9.43. The van der Waals surface area contributed by atoms with Crippen LogP contribution in [0.1, 0.15) is 5.82 Å². The van der Waals surface area contributed by atoms with E-state index in [0.29, 0.717) is 19.8 Å². The topological polar surface area (TPSA) is 88.3 Å². The summed E-state index contributed by atoms with van der Waals surface area (Å²) >= 11 is 0. The van der Waals surface area contributed by atoms with E-state index in [1.165, 1.54) is 0 Å². The van der Waals surface area contributed by atoms with Crippen molar-refractivity contribution in [1.29, 1.82) is 0 Å². The maximum atomic E-state index is 9.43. The molecule has 0 bridgehead atoms. The molecule has 0 amide bonds. The lowest BCUT2D eigenvalue weighted by Gasteiger charge is -2.33. The third kappa shape index (κ3) is 2.69. The SMILES string of the molecule is CNc1nc(CN2CCOCC2CO)nc2c1cnn2C. The Morgan fingerprint density at radius 2 is 2.33 bits per heavy atom. The Morgan fingerprint density at radius 3 is 3.10 bits per heavy atom. The number of aryl methyl sites for hydroxylation is 1. The van der Waals surface area contributed by atoms with E-state index < -0.39 is 0 Å². The van der Waals surface area contributed by atoms with Gasteiger partial charge < -0.3 is 15.2 Å². The smallest absolute Gasteiger partial charge is 0.163 e. The second-order valence-corrected chi connectivity index (χ2v) is 5.13. The molecule has 0 aliphatic carbocycles. The van der Waals surface area contributed by atoms with Gasteiger partial charge in [0, 0.05) is 20.6 Å². The summed E-state index contributed by atoms with van der Waals surface area (Å²) in [4.78, 5) is 11.3. The summed E-state index contributed by atoms with van der Waals surface area (Å²) in [6, 6.07) is 0.00243. The highest BCUT2D eigenvalue weighted by molar-refractivity contribution is 5.86. The normalized spacial score (nSPS) is 20.0. The Bertz CT molecular complexity index is 628. The maximum Gasteiger partial charge on any atom is 0.163 e. The van der Waals surface area contributed by atoms with Crippen molar-refractivity contribution >= 4 is 16.9 Å². The van der Waals surface area contributed by atoms with Crippen LogP contribution in [0.4, 0.5) is 5.82 Å². The first-order valence-corrected chi connectivity index (χ1v) is 7.02. The molecule has 2 N–H and O–H groups in total. The average molecular weight is 292 g/mol. The van der Waals surface area contributed by atoms with Gasteiger partial charge in [-0.3, -0.25) is 9.58 Å². The minimum atomic E-state index is 0.00243. The molecule has 3 heterocycles. The molecule has 1 unspecified atom stereocenters. The van der Waals surface area contributed by atoms with E-state index in [-0.39, 0.29) is 12.6 Å². The van der Waals surface area contributed by atoms with Crippen molar-refractivity contribution in [3.63, 3.8) is 0 Å². The number of nitrogens with zero attached hydrogens (tertiary/aromatic N) is 5. The van der Waals surface area contributed by atoms with Crippen molar-refractivity contribution in [3.05, 3.63) is 12.0 Å². The molecule has 0 radical (unpaired) electrons. The summed E-state index contributed by atoms with van der Waals surface area (Å²) in [6.45, 7) is 2.65. The Kier molecular flexibility index (Phi) is 4.00. The van der Waals surface area contributed by atoms with Gasteiger partial charge in [0.25, 0.3) is 0 Å². The third-order valence-electron chi connectivity index (χ3n) is 3.78. The van der Waals surface area contributed by atoms with Gasteiger partial charge in [0.15, 0.2) is 5.65 Å². The summed E-state index contributed by atoms with van der Waals surface area (Å²) < 4.78 is 7.13. The lowest BCUT2D eigenvalue weighted by Crippen LogP contribution is -2.47. The van der Waals surface area contributed by atoms with Crippen LogP contribution >= 0.6 is 0 Å². The number of fused-ring (bicyclic) bond motifs is 1. The molecule has 2 aromatic rings. The number of nitrogens with one attached hydrogen (secondary N) is 1. The molecule has 1 aliphatic heterocycles. The standard InChI is InChI=1S/C13H20N6O2/c1-14-12-10-5-15-18(2)13(10)17-11(16-12)6-19-3-4-21-8-9(19)7-20/h5,9,20H,3-4,6-8H2,1-2H3,(H,14,16,17). The zero-order valence-corrected chi connectivity index (χ0v) is 12.3. The fraction of sp³-hybridized carbons (Fsp3) is 0.615. The number of hydrogen-bond donors (Lipinski definition) is 2. The molecule has 114 valence electrons. The molecular formula is C13H20N6O2. The Morgan fingerprint density at radius 1 is 1.48 bits per heavy atom. The second-order valence-electron chi connectivity index (χ2n) is 5.13. The number of hydrogen-bond acceptors (Lipinski definition) is 7. The highest BCUT2D eigenvalue weighted by Gasteiger charge is 2.23. The number of aromatic nitrogens is 4. The van der Waals surface area contributed by atoms with Gasteiger partial charge >= 0.3 is 0 Å². The predicted molar refractivity (Wildman–Crippen MR) is 78.0 cm³/mol. The van der Waals surface area contributed by atoms with Crippen LogP contribution in [0.25, 0.3) is 11.0 Å². The molecule has 21 heavy (non-hydrogen) atoms. The number of rotatable bonds is 4. The summed E-state index contributed by atoms with van der Waals surface area (Å²) in [5.74, 6) is 1.49. The molecular weight excluding hydrogens is 272 g/mol. The molecule has 3 rings (SSSR count). The number of ether oxygens (including phenoxy) is 1. The lowest BCUT2D eigenvalue weighted by molar-refractivity contribution is -0.0322. The molecule has 1 fully saturated rings. The first-order chi connectivity index (χ1) is 10.2. The van der Waals surface area contributed by atoms with Gasteiger partial charge in [0.05, 0.1) is 44.0 Å². The Balaban J connectivity index is 1.91. The van der Waals surface area contributed by atoms with Crippen molar-refractivity contribution in [3.8, 4) is 0 Å². The van der Waals surface area contributed by atoms with Crippen LogP contribution in [-0.4, -0.2) is 69.2 Å². The first-order valence-electron chi connectivity index (χ1n) is 7.02. The summed E-state index contributed by atoms with van der Waals surface area (Å²) in [5, 5.41) is 17.7. The highest BCUT2D eigenvalue weighted by atomic mass is 16.5. The minimum absolute atomic E-state index is 0.00243. The van der Waals surface area contributed by atoms with Crippen LogP contribution in [0, 0.1) is 0 Å². The highest BCUT2D eigenvalue weighted by Crippen LogP contribution is 2.20. The molecule has 0 spiro atoms. The van der Waals surface area contributed by atoms with Crippen molar-refractivity contribution in [1.82, 2.24) is 24.6 Å². The number of morpholine rings is 1. The number of anilines is 1. The monoisotopic (exact) mass is 292 g/mol. The van der Waals surface area contributed by atoms with E-state index in [1.54, 1.807) is 10.9 Å². The van der Waals surface area contributed by atoms with Gasteiger partial charge in [0.2, 0.25) is 0 Å². The Hall–Kier alpha value is -1.77. The molecule has 8 heteroatoms. The van der Waals surface area contributed by atoms with Gasteiger partial charge in [0.1, 0.15) is 11.6 Å². The van der Waals surface area contributed by atoms with E-state index in [1.807, 2.05) is 14.1 Å². The van der Waals surface area contributed by atoms with Crippen LogP contribution < -0.4 is 5.32 Å². The van der Waals surface area contributed by atoms with Crippen LogP contribution in [0.2, 0.25) is 0 Å². The molecule has 1 atom stereocenters. The van der Waals surface area contributed by atoms with Gasteiger partial charge in [-0.2, -0.15) is 5.10 Å². The Labute approximate surface area is 122 Å². The van der Waals surface area contributed by atoms with Crippen molar-refractivity contribution < 1.29 is 9.84 Å². The van der Waals surface area contributed by atoms with E-state index in [0.717, 1.165) is 29.2 Å². The summed E-state index contributed by atoms with van der Waals surface area (Å²) in [6.07, 6.45) is 1.76. The largest absolute Gasteiger partial charge is 0.395 e. The fourth-order valence-corrected chi connectivity index (χ4v) is 2.58. The van der Waals surface area contributed by atoms with Crippen LogP contribution in [0.3, 0.4) is 0 Å². The van der Waals surface area contributed by atoms with E-state index in [2.05, 4.69) is 25.3 Å². The van der Waals surface area contributed by atoms with Gasteiger partial charge in [-0.15, -0.1) is 0 Å². The molecule has 0 aromatic carbocycles. The average Bonchev–Trinajstić information content (AvgIpc) is 2.89. The van der Waals surface area contributed by atoms with Crippen molar-refractivity contribution in [2.24, 2.45) is 7.05 Å². The third-order valence-corrected chi connectivity index (χ3v) is 3.78. The van der Waals surface area contributed by atoms with Crippen molar-refractivity contribution in [2.75, 3.05) is 38.7 Å². The number of aliphatic hydroxyl groups is 1. The zero-order valence-electron chi connectivity index (χ0n) is 12.3. The number of aliphatic hydroxyl groups excluding tert-OH is 1. The van der Waals surface area contributed by atoms with Crippen molar-refractivity contribution in [2.45, 2.75) is 12.6 Å². The first kappa shape index (κ1) is 14.2. The minimum Gasteiger partial charge on any atom is -0.395 e. The van der Waals surface area contributed by atoms with Gasteiger partial charge in [-0.1, -0.05) is 0 Å². The second kappa shape index (κ2) is 5.92. The lowest BCUT2D eigenvalue weighted by atomic mass is 10.2. The molecule has 0 saturated carbocycles. The molecule has 1 aliphatic rings. The molecule has 2 aromatic heterocycles. The van der Waals surface area contributed by atoms with Gasteiger partial charge in [-0.25, -0.2) is 9.97 Å². The fourth-order valence-electron chi connectivity index (χ4n) is 2.58. The molecule has 8 nitrogen and oxygen atoms in total. The summed E-state index contributed by atoms with van der Waals surface area (Å²) in [5.41, 5.74) is 0.804.